The molecule has 0 fully saturated rings. The first-order chi connectivity index (χ1) is 75.4. The maximum absolute atomic E-state index is 8.77. The highest BCUT2D eigenvalue weighted by Gasteiger charge is 2.32. The lowest BCUT2D eigenvalue weighted by atomic mass is 9.73. The number of hydrogen-bond acceptors (Lipinski definition) is 0. The van der Waals surface area contributed by atoms with Crippen LogP contribution in [-0.2, 0) is 21.7 Å². The summed E-state index contributed by atoms with van der Waals surface area (Å²) >= 11 is 0. The second-order valence-corrected chi connectivity index (χ2v) is 34.2. The molecule has 0 N–H and O–H groups in total. The van der Waals surface area contributed by atoms with E-state index in [9.17, 15) is 0 Å². The largest absolute Gasteiger partial charge is 0.309 e. The summed E-state index contributed by atoms with van der Waals surface area (Å²) < 4.78 is 258. The van der Waals surface area contributed by atoms with Crippen molar-refractivity contribution in [3.63, 3.8) is 0 Å². The number of nitrogens with zero attached hydrogens (tertiary/aromatic N) is 3. The fraction of sp³-hybridized carbons (Fsp3) is 0.0952. The summed E-state index contributed by atoms with van der Waals surface area (Å²) in [7, 11) is 0. The van der Waals surface area contributed by atoms with E-state index in [0.717, 1.165) is 89.1 Å². The molecule has 0 radical (unpaired) electrons. The van der Waals surface area contributed by atoms with Gasteiger partial charge in [0, 0.05) is 71.0 Å². The molecule has 0 atom stereocenters. The highest BCUT2D eigenvalue weighted by Crippen LogP contribution is 2.46. The topological polar surface area (TPSA) is 14.8 Å². The van der Waals surface area contributed by atoms with E-state index in [1.807, 2.05) is 146 Å². The number of fused-ring (bicyclic) bond motifs is 9. The van der Waals surface area contributed by atoms with Crippen LogP contribution in [0.1, 0.15) is 141 Å². The lowest BCUT2D eigenvalue weighted by molar-refractivity contribution is 0.616. The van der Waals surface area contributed by atoms with Gasteiger partial charge in [0.1, 0.15) is 0 Å². The maximum Gasteiger partial charge on any atom is 0.0629 e. The zero-order chi connectivity index (χ0) is 114. The average Bonchev–Trinajstić information content (AvgIpc) is 1.60. The standard InChI is InChI=1S/C48H41N.2C39H31N/c1-47(2,38-21-13-7-14-22-38)40-31-41(48(3,4)39-23-15-8-16-24-39)33-42(32-40)49-45-27-25-36(34-17-9-5-10-18-34)29-43(45)44-30-37(26-28-46(44)49)35-19-11-6-12-20-35;1-39(2,32-17-10-5-11-18-32)33-19-12-20-34(27-33)40-37-23-21-30(28-13-6-3-7-14-28)25-35(37)36-26-31(22-24-38(36)40)29-15-8-4-9-16-29;1-39(2,32-16-10-5-11-17-32)33-20-22-34(23-21-33)40-37-24-18-30(28-12-6-3-7-13-28)26-35(37)36-27-31(19-25-38(36)40)29-14-8-4-9-15-29/h5-33H,1-4H3;2*3-27H,1-2H3/i5D,6D,9D,10D,11D,12D,17D,18D,19D,20D;3D,4D,6D,7D,8D,9D,13D,14D,15D,16D;3D,4D,6D,7D,8D,9D,12D,13D,14D,15D. The molecule has 3 heterocycles. The third-order valence-corrected chi connectivity index (χ3v) is 25.3. The highest BCUT2D eigenvalue weighted by atomic mass is 15.0. The Morgan fingerprint density at radius 3 is 0.628 bits per heavy atom. The molecule has 0 amide bonds. The van der Waals surface area contributed by atoms with Crippen molar-refractivity contribution in [2.75, 3.05) is 0 Å². The fourth-order valence-electron chi connectivity index (χ4n) is 17.8. The molecule has 0 aliphatic carbocycles. The van der Waals surface area contributed by atoms with Gasteiger partial charge in [-0.3, -0.25) is 0 Å². The van der Waals surface area contributed by atoms with Crippen LogP contribution in [0.3, 0.4) is 0 Å². The number of rotatable bonds is 17. The minimum atomic E-state index is -0.475. The molecule has 22 rings (SSSR count). The molecule has 19 aromatic carbocycles. The number of hydrogen-bond donors (Lipinski definition) is 0. The predicted octanol–water partition coefficient (Wildman–Crippen LogP) is 33.7. The van der Waals surface area contributed by atoms with Crippen molar-refractivity contribution in [2.24, 2.45) is 0 Å². The lowest BCUT2D eigenvalue weighted by Crippen LogP contribution is -2.23. The smallest absolute Gasteiger partial charge is 0.0629 e. The molecule has 0 bridgehead atoms. The highest BCUT2D eigenvalue weighted by molar-refractivity contribution is 6.14. The van der Waals surface area contributed by atoms with Crippen LogP contribution >= 0.6 is 0 Å². The third-order valence-electron chi connectivity index (χ3n) is 25.3. The molecule has 0 aliphatic rings. The Morgan fingerprint density at radius 1 is 0.155 bits per heavy atom. The van der Waals surface area contributed by atoms with Crippen LogP contribution in [0, 0.1) is 0 Å². The summed E-state index contributed by atoms with van der Waals surface area (Å²) in [6, 6.07) is 85.4. The van der Waals surface area contributed by atoms with E-state index in [4.69, 9.17) is 41.1 Å². The first-order valence-corrected chi connectivity index (χ1v) is 42.7. The Balaban J connectivity index is 0.000000143. The van der Waals surface area contributed by atoms with Gasteiger partial charge in [-0.15, -0.1) is 0 Å². The molecule has 3 aromatic heterocycles. The van der Waals surface area contributed by atoms with Crippen LogP contribution in [0.5, 0.6) is 0 Å². The molecule has 0 aliphatic heterocycles. The minimum Gasteiger partial charge on any atom is -0.309 e. The van der Waals surface area contributed by atoms with E-state index < -0.39 is 120 Å². The Morgan fingerprint density at radius 2 is 0.364 bits per heavy atom. The van der Waals surface area contributed by atoms with E-state index in [2.05, 4.69) is 160 Å². The summed E-state index contributed by atoms with van der Waals surface area (Å²) in [4.78, 5) is 0. The molecule has 0 unspecified atom stereocenters. The monoisotopic (exact) mass is 1690 g/mol. The van der Waals surface area contributed by atoms with Gasteiger partial charge in [0.15, 0.2) is 0 Å². The Labute approximate surface area is 800 Å². The summed E-state index contributed by atoms with van der Waals surface area (Å²) in [5.74, 6) is 0. The van der Waals surface area contributed by atoms with Crippen LogP contribution < -0.4 is 0 Å². The van der Waals surface area contributed by atoms with Gasteiger partial charge in [-0.05, 0) is 220 Å². The van der Waals surface area contributed by atoms with Gasteiger partial charge in [0.25, 0.3) is 0 Å². The SMILES string of the molecule is [2H]c1c([2H])c([2H])c(-c2ccc3c(c2)c2cc(-c4c([2H])c([2H])c([2H])c([2H])c4[2H])ccc2n3-c2cc(C(C)(C)c3ccccc3)cc(C(C)(C)c3ccccc3)c2)c([2H])c1[2H].[2H]c1c([2H])c([2H])c(-c2ccc3c(c2)c2cc(-c4c([2H])c([2H])c([2H])c([2H])c4[2H])ccc2n3-c2ccc(C(C)(C)c3ccccc3)cc2)c([2H])c1[2H].[2H]c1c([2H])c([2H])c(-c2ccc3c(c2)c2cc(-c4c([2H])c([2H])c([2H])c([2H])c4[2H])ccc2n3-c2cccc(C(C)(C)c3ccccc3)c2)c([2H])c1[2H]. The van der Waals surface area contributed by atoms with Gasteiger partial charge < -0.3 is 13.7 Å². The number of aromatic nitrogens is 3. The molecule has 22 aromatic rings. The molecule has 0 spiro atoms. The van der Waals surface area contributed by atoms with E-state index in [-0.39, 0.29) is 117 Å². The Hall–Kier alpha value is -15.4. The Kier molecular flexibility index (Phi) is 14.6. The molecule has 622 valence electrons. The van der Waals surface area contributed by atoms with Crippen LogP contribution in [0.2, 0.25) is 0 Å². The van der Waals surface area contributed by atoms with Gasteiger partial charge in [0.05, 0.1) is 74.2 Å². The predicted molar refractivity (Wildman–Crippen MR) is 549 cm³/mol. The summed E-state index contributed by atoms with van der Waals surface area (Å²) in [6.07, 6.45) is 0. The molecule has 3 heteroatoms. The second-order valence-electron chi connectivity index (χ2n) is 34.2. The fourth-order valence-corrected chi connectivity index (χ4v) is 17.8. The van der Waals surface area contributed by atoms with Gasteiger partial charge in [0.2, 0.25) is 0 Å². The van der Waals surface area contributed by atoms with E-state index in [1.54, 1.807) is 60.7 Å². The van der Waals surface area contributed by atoms with Gasteiger partial charge >= 0.3 is 0 Å². The van der Waals surface area contributed by atoms with E-state index in [0.29, 0.717) is 65.7 Å². The lowest BCUT2D eigenvalue weighted by Gasteiger charge is -2.32. The molecule has 3 nitrogen and oxygen atoms in total. The van der Waals surface area contributed by atoms with Crippen molar-refractivity contribution in [1.82, 2.24) is 13.7 Å². The molecule has 129 heavy (non-hydrogen) atoms. The van der Waals surface area contributed by atoms with Crippen LogP contribution in [-0.4, -0.2) is 13.7 Å². The first kappa shape index (κ1) is 54.5. The molecular weight excluding hydrogens is 1560 g/mol. The van der Waals surface area contributed by atoms with Crippen molar-refractivity contribution < 1.29 is 41.1 Å². The average molecular weight is 1690 g/mol. The third kappa shape index (κ3) is 15.9. The summed E-state index contributed by atoms with van der Waals surface area (Å²) in [6.45, 7) is 17.6. The molecule has 0 saturated heterocycles. The zero-order valence-electron chi connectivity index (χ0n) is 102. The van der Waals surface area contributed by atoms with Crippen LogP contribution in [0.15, 0.2) is 479 Å². The van der Waals surface area contributed by atoms with Gasteiger partial charge in [-0.25, -0.2) is 0 Å². The van der Waals surface area contributed by atoms with Crippen molar-refractivity contribution in [1.29, 1.82) is 0 Å². The van der Waals surface area contributed by atoms with Crippen molar-refractivity contribution >= 4 is 65.4 Å². The second kappa shape index (κ2) is 34.5. The van der Waals surface area contributed by atoms with Crippen LogP contribution in [0.25, 0.3) is 149 Å². The van der Waals surface area contributed by atoms with Gasteiger partial charge in [-0.2, -0.15) is 0 Å². The Bertz CT molecular complexity index is 9140. The number of benzene rings is 19. The molecular formula is C126H103N3. The van der Waals surface area contributed by atoms with Gasteiger partial charge in [-0.1, -0.05) is 425 Å². The molecule has 0 saturated carbocycles. The quantitative estimate of drug-likeness (QED) is 0.0863. The van der Waals surface area contributed by atoms with E-state index >= 15 is 0 Å². The van der Waals surface area contributed by atoms with Crippen molar-refractivity contribution in [2.45, 2.75) is 77.0 Å². The van der Waals surface area contributed by atoms with E-state index in [1.165, 1.54) is 5.56 Å². The minimum absolute atomic E-state index is 0.0686. The normalized spacial score (nSPS) is 15.1. The maximum atomic E-state index is 8.77. The summed E-state index contributed by atoms with van der Waals surface area (Å²) in [5, 5.41) is 4.18. The summed E-state index contributed by atoms with van der Waals surface area (Å²) in [5.41, 5.74) is 17.9. The van der Waals surface area contributed by atoms with Crippen molar-refractivity contribution in [3.8, 4) is 83.8 Å². The van der Waals surface area contributed by atoms with Crippen molar-refractivity contribution in [3.05, 3.63) is 523 Å². The zero-order valence-corrected chi connectivity index (χ0v) is 72.1. The first-order valence-electron chi connectivity index (χ1n) is 57.7. The van der Waals surface area contributed by atoms with Crippen LogP contribution in [0.4, 0.5) is 0 Å².